The van der Waals surface area contributed by atoms with E-state index in [1.54, 1.807) is 11.8 Å². The predicted molar refractivity (Wildman–Crippen MR) is 205 cm³/mol. The molecule has 48 heavy (non-hydrogen) atoms. The van der Waals surface area contributed by atoms with Crippen LogP contribution in [0.2, 0.25) is 0 Å². The molecular weight excluding hydrogens is 599 g/mol. The monoisotopic (exact) mass is 633 g/mol. The maximum Gasteiger partial charge on any atom is 0.0728 e. The predicted octanol–water partition coefficient (Wildman–Crippen LogP) is 12.4. The third-order valence-electron chi connectivity index (χ3n) is 11.1. The van der Waals surface area contributed by atoms with E-state index in [1.807, 2.05) is 0 Å². The Morgan fingerprint density at radius 3 is 2.27 bits per heavy atom. The van der Waals surface area contributed by atoms with E-state index in [1.165, 1.54) is 77.0 Å². The van der Waals surface area contributed by atoms with Gasteiger partial charge in [0.1, 0.15) is 0 Å². The van der Waals surface area contributed by atoms with Gasteiger partial charge >= 0.3 is 0 Å². The number of allylic oxidation sites excluding steroid dienone is 5. The van der Waals surface area contributed by atoms with E-state index in [0.717, 1.165) is 37.1 Å². The van der Waals surface area contributed by atoms with E-state index >= 15 is 0 Å². The van der Waals surface area contributed by atoms with Crippen molar-refractivity contribution in [1.29, 1.82) is 0 Å². The number of hydrogen-bond donors (Lipinski definition) is 0. The van der Waals surface area contributed by atoms with E-state index in [0.29, 0.717) is 0 Å². The minimum Gasteiger partial charge on any atom is -0.310 e. The van der Waals surface area contributed by atoms with Crippen molar-refractivity contribution in [3.8, 4) is 11.1 Å². The van der Waals surface area contributed by atoms with Crippen LogP contribution in [-0.2, 0) is 11.8 Å². The van der Waals surface area contributed by atoms with E-state index < -0.39 is 0 Å². The SMILES string of the molecule is CSc1ccc(N(c2ccccc2)c2ccc3c4c(ccc3c2)-c2c(ccc3c2C=CCC3)C42C3=C(CCC=C3)c3ccccc32)cc1. The second-order valence-corrected chi connectivity index (χ2v) is 14.3. The fourth-order valence-electron chi connectivity index (χ4n) is 9.15. The maximum absolute atomic E-state index is 2.48. The Bertz CT molecular complexity index is 2380. The highest BCUT2D eigenvalue weighted by molar-refractivity contribution is 7.98. The van der Waals surface area contributed by atoms with Crippen molar-refractivity contribution in [1.82, 2.24) is 0 Å². The smallest absolute Gasteiger partial charge is 0.0728 e. The van der Waals surface area contributed by atoms with Crippen LogP contribution in [0, 0.1) is 0 Å². The van der Waals surface area contributed by atoms with Gasteiger partial charge in [-0.05, 0) is 147 Å². The molecule has 10 rings (SSSR count). The molecule has 1 nitrogen and oxygen atoms in total. The number of thioether (sulfide) groups is 1. The molecular formula is C46H35NS. The first-order chi connectivity index (χ1) is 23.8. The summed E-state index contributed by atoms with van der Waals surface area (Å²) < 4.78 is 0. The zero-order valence-electron chi connectivity index (χ0n) is 27.0. The summed E-state index contributed by atoms with van der Waals surface area (Å²) in [4.78, 5) is 3.66. The Balaban J connectivity index is 1.26. The summed E-state index contributed by atoms with van der Waals surface area (Å²) in [5.74, 6) is 0. The molecule has 230 valence electrons. The Morgan fingerprint density at radius 1 is 0.625 bits per heavy atom. The number of para-hydroxylation sites is 1. The zero-order valence-corrected chi connectivity index (χ0v) is 27.9. The molecule has 0 heterocycles. The van der Waals surface area contributed by atoms with E-state index in [9.17, 15) is 0 Å². The highest BCUT2D eigenvalue weighted by Gasteiger charge is 2.53. The zero-order chi connectivity index (χ0) is 31.8. The summed E-state index contributed by atoms with van der Waals surface area (Å²) >= 11 is 1.78. The molecule has 4 aliphatic carbocycles. The van der Waals surface area contributed by atoms with Crippen molar-refractivity contribution >= 4 is 51.2 Å². The second-order valence-electron chi connectivity index (χ2n) is 13.4. The van der Waals surface area contributed by atoms with Crippen molar-refractivity contribution in [2.75, 3.05) is 11.2 Å². The number of nitrogens with zero attached hydrogens (tertiary/aromatic N) is 1. The number of aryl methyl sites for hydroxylation is 1. The molecule has 4 aliphatic rings. The lowest BCUT2D eigenvalue weighted by Gasteiger charge is -2.33. The van der Waals surface area contributed by atoms with Gasteiger partial charge in [-0.1, -0.05) is 97.1 Å². The average Bonchev–Trinajstić information content (AvgIpc) is 3.63. The van der Waals surface area contributed by atoms with Crippen molar-refractivity contribution in [2.24, 2.45) is 0 Å². The van der Waals surface area contributed by atoms with Gasteiger partial charge in [-0.15, -0.1) is 11.8 Å². The molecule has 0 radical (unpaired) electrons. The van der Waals surface area contributed by atoms with Gasteiger partial charge in [0.15, 0.2) is 0 Å². The lowest BCUT2D eigenvalue weighted by molar-refractivity contribution is 0.786. The normalized spacial score (nSPS) is 18.1. The van der Waals surface area contributed by atoms with E-state index in [2.05, 4.69) is 157 Å². The molecule has 0 fully saturated rings. The fraction of sp³-hybridized carbons (Fsp3) is 0.130. The number of hydrogen-bond acceptors (Lipinski definition) is 2. The van der Waals surface area contributed by atoms with Crippen molar-refractivity contribution in [3.05, 3.63) is 179 Å². The second kappa shape index (κ2) is 10.7. The van der Waals surface area contributed by atoms with Crippen LogP contribution in [-0.4, -0.2) is 6.26 Å². The summed E-state index contributed by atoms with van der Waals surface area (Å²) in [6, 6.07) is 45.8. The minimum atomic E-state index is -0.332. The molecule has 0 aliphatic heterocycles. The Morgan fingerprint density at radius 2 is 1.40 bits per heavy atom. The Kier molecular flexibility index (Phi) is 6.26. The summed E-state index contributed by atoms with van der Waals surface area (Å²) in [6.07, 6.45) is 16.2. The fourth-order valence-corrected chi connectivity index (χ4v) is 9.55. The standard InChI is InChI=1S/C46H35NS/c1-48-35-24-21-33(22-25-35)47(32-12-3-2-4-13-32)34-23-27-37-31(29-34)19-26-40-44-36-14-6-5-11-30(36)20-28-43(44)46(45(37)40)41-17-9-7-15-38(41)39-16-8-10-18-42(39)46/h2-4,6-7,9-10,12-15,17-29H,5,8,11,16H2,1H3. The molecule has 0 N–H and O–H groups in total. The quantitative estimate of drug-likeness (QED) is 0.178. The topological polar surface area (TPSA) is 3.24 Å². The lowest BCUT2D eigenvalue weighted by Crippen LogP contribution is -2.27. The number of benzene rings is 6. The molecule has 0 amide bonds. The molecule has 0 saturated heterocycles. The summed E-state index contributed by atoms with van der Waals surface area (Å²) in [6.45, 7) is 0. The van der Waals surface area contributed by atoms with Crippen LogP contribution in [0.15, 0.2) is 150 Å². The van der Waals surface area contributed by atoms with Gasteiger partial charge in [-0.3, -0.25) is 0 Å². The van der Waals surface area contributed by atoms with Crippen LogP contribution < -0.4 is 4.90 Å². The summed E-state index contributed by atoms with van der Waals surface area (Å²) in [7, 11) is 0. The lowest BCUT2D eigenvalue weighted by atomic mass is 9.67. The summed E-state index contributed by atoms with van der Waals surface area (Å²) in [5, 5.41) is 2.62. The third kappa shape index (κ3) is 3.81. The van der Waals surface area contributed by atoms with E-state index in [-0.39, 0.29) is 5.41 Å². The number of anilines is 3. The van der Waals surface area contributed by atoms with Gasteiger partial charge < -0.3 is 4.90 Å². The van der Waals surface area contributed by atoms with Crippen LogP contribution in [0.3, 0.4) is 0 Å². The molecule has 6 aromatic carbocycles. The molecule has 0 saturated carbocycles. The molecule has 0 bridgehead atoms. The van der Waals surface area contributed by atoms with Crippen LogP contribution in [0.25, 0.3) is 33.5 Å². The Labute approximate surface area is 287 Å². The van der Waals surface area contributed by atoms with Gasteiger partial charge in [0.25, 0.3) is 0 Å². The van der Waals surface area contributed by atoms with Gasteiger partial charge in [0, 0.05) is 22.0 Å². The van der Waals surface area contributed by atoms with E-state index in [4.69, 9.17) is 0 Å². The molecule has 6 aromatic rings. The van der Waals surface area contributed by atoms with Crippen LogP contribution >= 0.6 is 11.8 Å². The number of rotatable bonds is 4. The minimum absolute atomic E-state index is 0.332. The molecule has 2 heteroatoms. The van der Waals surface area contributed by atoms with Crippen LogP contribution in [0.1, 0.15) is 52.6 Å². The van der Waals surface area contributed by atoms with Gasteiger partial charge in [-0.25, -0.2) is 0 Å². The van der Waals surface area contributed by atoms with Gasteiger partial charge in [0.05, 0.1) is 5.41 Å². The third-order valence-corrected chi connectivity index (χ3v) is 11.8. The molecule has 1 spiro atoms. The first kappa shape index (κ1) is 28.0. The highest BCUT2D eigenvalue weighted by atomic mass is 32.2. The Hall–Kier alpha value is -5.05. The van der Waals surface area contributed by atoms with Crippen LogP contribution in [0.4, 0.5) is 17.1 Å². The van der Waals surface area contributed by atoms with Crippen molar-refractivity contribution in [2.45, 2.75) is 36.0 Å². The van der Waals surface area contributed by atoms with Crippen molar-refractivity contribution in [3.63, 3.8) is 0 Å². The molecule has 1 atom stereocenters. The molecule has 1 unspecified atom stereocenters. The van der Waals surface area contributed by atoms with Gasteiger partial charge in [0.2, 0.25) is 0 Å². The summed E-state index contributed by atoms with van der Waals surface area (Å²) in [5.41, 5.74) is 17.7. The van der Waals surface area contributed by atoms with Gasteiger partial charge in [-0.2, -0.15) is 0 Å². The maximum atomic E-state index is 2.48. The molecule has 0 aromatic heterocycles. The first-order valence-corrected chi connectivity index (χ1v) is 18.4. The first-order valence-electron chi connectivity index (χ1n) is 17.2. The van der Waals surface area contributed by atoms with Crippen molar-refractivity contribution < 1.29 is 0 Å². The highest BCUT2D eigenvalue weighted by Crippen LogP contribution is 2.65. The average molecular weight is 634 g/mol. The van der Waals surface area contributed by atoms with Crippen LogP contribution in [0.5, 0.6) is 0 Å². The largest absolute Gasteiger partial charge is 0.310 e. The number of fused-ring (bicyclic) bond motifs is 13.